The molecule has 0 saturated heterocycles. The maximum Gasteiger partial charge on any atom is 0.416 e. The van der Waals surface area contributed by atoms with Crippen molar-refractivity contribution in [2.45, 2.75) is 70.2 Å². The number of anilines is 1. The summed E-state index contributed by atoms with van der Waals surface area (Å²) in [5.74, 6) is -0.916. The number of sulfone groups is 1. The van der Waals surface area contributed by atoms with E-state index in [9.17, 15) is 31.2 Å². The lowest BCUT2D eigenvalue weighted by atomic mass is 10.0. The lowest BCUT2D eigenvalue weighted by Gasteiger charge is -2.18. The fraction of sp³-hybridized carbons (Fsp3) is 0.462. The van der Waals surface area contributed by atoms with Crippen LogP contribution in [-0.4, -0.2) is 30.7 Å². The molecule has 0 aliphatic carbocycles. The number of aryl methyl sites for hydroxylation is 1. The Balaban J connectivity index is 1.54. The van der Waals surface area contributed by atoms with E-state index >= 15 is 0 Å². The second kappa shape index (κ2) is 10.1. The predicted molar refractivity (Wildman–Crippen MR) is 129 cm³/mol. The van der Waals surface area contributed by atoms with Gasteiger partial charge in [-0.05, 0) is 82.0 Å². The molecule has 190 valence electrons. The maximum atomic E-state index is 12.9. The number of carbonyl (C=O) groups excluding carboxylic acids is 2. The van der Waals surface area contributed by atoms with Gasteiger partial charge in [0.1, 0.15) is 0 Å². The highest BCUT2D eigenvalue weighted by molar-refractivity contribution is 7.92. The fourth-order valence-corrected chi connectivity index (χ4v) is 5.13. The SMILES string of the molecule is CC(C)(C)S(=O)(=O)CCCCCCCc1ccc2c(c1)C(=O)N(c1ccc(C(F)(F)F)cc1)C2=O. The number of nitrogens with zero attached hydrogens (tertiary/aromatic N) is 1. The summed E-state index contributed by atoms with van der Waals surface area (Å²) >= 11 is 0. The van der Waals surface area contributed by atoms with Gasteiger partial charge in [-0.15, -0.1) is 0 Å². The molecule has 1 aliphatic rings. The average molecular weight is 510 g/mol. The van der Waals surface area contributed by atoms with Crippen LogP contribution >= 0.6 is 0 Å². The van der Waals surface area contributed by atoms with E-state index in [2.05, 4.69) is 0 Å². The Bertz CT molecular complexity index is 1200. The molecule has 0 radical (unpaired) electrons. The Kier molecular flexibility index (Phi) is 7.79. The van der Waals surface area contributed by atoms with E-state index in [1.54, 1.807) is 39.0 Å². The molecule has 0 bridgehead atoms. The van der Waals surface area contributed by atoms with E-state index in [0.29, 0.717) is 12.8 Å². The number of carbonyl (C=O) groups is 2. The molecule has 3 rings (SSSR count). The molecule has 1 heterocycles. The Labute approximate surface area is 204 Å². The average Bonchev–Trinajstić information content (AvgIpc) is 3.01. The molecule has 0 N–H and O–H groups in total. The van der Waals surface area contributed by atoms with Crippen molar-refractivity contribution in [3.8, 4) is 0 Å². The highest BCUT2D eigenvalue weighted by Crippen LogP contribution is 2.33. The summed E-state index contributed by atoms with van der Waals surface area (Å²) in [5.41, 5.74) is 0.628. The van der Waals surface area contributed by atoms with Crippen LogP contribution in [0.25, 0.3) is 0 Å². The third kappa shape index (κ3) is 6.12. The van der Waals surface area contributed by atoms with Crippen LogP contribution < -0.4 is 4.90 Å². The van der Waals surface area contributed by atoms with Crippen LogP contribution in [0, 0.1) is 0 Å². The number of amides is 2. The lowest BCUT2D eigenvalue weighted by Crippen LogP contribution is -2.30. The van der Waals surface area contributed by atoms with Crippen LogP contribution in [0.3, 0.4) is 0 Å². The van der Waals surface area contributed by atoms with Crippen molar-refractivity contribution >= 4 is 27.3 Å². The molecule has 0 fully saturated rings. The Morgan fingerprint density at radius 1 is 0.771 bits per heavy atom. The van der Waals surface area contributed by atoms with E-state index in [0.717, 1.165) is 60.4 Å². The highest BCUT2D eigenvalue weighted by Gasteiger charge is 2.37. The Morgan fingerprint density at radius 2 is 1.34 bits per heavy atom. The molecule has 1 aliphatic heterocycles. The zero-order valence-corrected chi connectivity index (χ0v) is 20.9. The molecule has 5 nitrogen and oxygen atoms in total. The van der Waals surface area contributed by atoms with Gasteiger partial charge in [0, 0.05) is 0 Å². The third-order valence-corrected chi connectivity index (χ3v) is 8.91. The summed E-state index contributed by atoms with van der Waals surface area (Å²) in [6.07, 6.45) is 0.342. The van der Waals surface area contributed by atoms with Gasteiger partial charge >= 0.3 is 6.18 Å². The van der Waals surface area contributed by atoms with Gasteiger partial charge in [0.05, 0.1) is 32.9 Å². The van der Waals surface area contributed by atoms with Crippen LogP contribution in [0.1, 0.15) is 84.7 Å². The summed E-state index contributed by atoms with van der Waals surface area (Å²) in [6, 6.07) is 9.00. The maximum absolute atomic E-state index is 12.9. The first-order valence-corrected chi connectivity index (χ1v) is 13.3. The van der Waals surface area contributed by atoms with Crippen molar-refractivity contribution in [1.29, 1.82) is 0 Å². The van der Waals surface area contributed by atoms with Crippen molar-refractivity contribution in [3.63, 3.8) is 0 Å². The van der Waals surface area contributed by atoms with E-state index in [4.69, 9.17) is 0 Å². The Hall–Kier alpha value is -2.68. The van der Waals surface area contributed by atoms with E-state index in [-0.39, 0.29) is 22.6 Å². The third-order valence-electron chi connectivity index (χ3n) is 6.22. The van der Waals surface area contributed by atoms with Crippen molar-refractivity contribution in [2.75, 3.05) is 10.7 Å². The van der Waals surface area contributed by atoms with Gasteiger partial charge < -0.3 is 0 Å². The number of fused-ring (bicyclic) bond motifs is 1. The molecule has 0 saturated carbocycles. The molecule has 9 heteroatoms. The van der Waals surface area contributed by atoms with E-state index < -0.39 is 38.1 Å². The van der Waals surface area contributed by atoms with E-state index in [1.807, 2.05) is 0 Å². The monoisotopic (exact) mass is 509 g/mol. The summed E-state index contributed by atoms with van der Waals surface area (Å²) < 4.78 is 62.0. The van der Waals surface area contributed by atoms with Crippen LogP contribution in [0.4, 0.5) is 18.9 Å². The van der Waals surface area contributed by atoms with E-state index in [1.165, 1.54) is 0 Å². The molecule has 0 atom stereocenters. The number of halogens is 3. The zero-order chi connectivity index (χ0) is 26.0. The number of hydrogen-bond acceptors (Lipinski definition) is 4. The van der Waals surface area contributed by atoms with Gasteiger partial charge in [-0.1, -0.05) is 25.3 Å². The molecule has 0 aromatic heterocycles. The molecule has 2 amide bonds. The number of unbranched alkanes of at least 4 members (excludes halogenated alkanes) is 4. The van der Waals surface area contributed by atoms with Gasteiger partial charge in [0.15, 0.2) is 9.84 Å². The number of imide groups is 1. The second-order valence-electron chi connectivity index (χ2n) is 9.82. The first-order valence-electron chi connectivity index (χ1n) is 11.6. The van der Waals surface area contributed by atoms with Gasteiger partial charge in [0.25, 0.3) is 11.8 Å². The van der Waals surface area contributed by atoms with Gasteiger partial charge in [-0.3, -0.25) is 9.59 Å². The molecule has 2 aromatic carbocycles. The minimum Gasteiger partial charge on any atom is -0.268 e. The molecule has 35 heavy (non-hydrogen) atoms. The fourth-order valence-electron chi connectivity index (χ4n) is 3.94. The van der Waals surface area contributed by atoms with Crippen LogP contribution in [0.5, 0.6) is 0 Å². The Morgan fingerprint density at radius 3 is 1.94 bits per heavy atom. The van der Waals surface area contributed by atoms with Crippen molar-refractivity contribution in [1.82, 2.24) is 0 Å². The lowest BCUT2D eigenvalue weighted by molar-refractivity contribution is -0.137. The van der Waals surface area contributed by atoms with Crippen LogP contribution in [-0.2, 0) is 22.4 Å². The predicted octanol–water partition coefficient (Wildman–Crippen LogP) is 6.21. The first-order chi connectivity index (χ1) is 16.2. The minimum atomic E-state index is -4.50. The van der Waals surface area contributed by atoms with Gasteiger partial charge in [-0.25, -0.2) is 13.3 Å². The topological polar surface area (TPSA) is 71.5 Å². The summed E-state index contributed by atoms with van der Waals surface area (Å²) in [6.45, 7) is 5.13. The zero-order valence-electron chi connectivity index (χ0n) is 20.1. The van der Waals surface area contributed by atoms with Crippen LogP contribution in [0.15, 0.2) is 42.5 Å². The second-order valence-corrected chi connectivity index (χ2v) is 12.7. The van der Waals surface area contributed by atoms with Gasteiger partial charge in [-0.2, -0.15) is 13.2 Å². The number of hydrogen-bond donors (Lipinski definition) is 0. The van der Waals surface area contributed by atoms with Crippen molar-refractivity contribution in [3.05, 3.63) is 64.7 Å². The first kappa shape index (κ1) is 26.9. The quantitative estimate of drug-likeness (QED) is 0.298. The summed E-state index contributed by atoms with van der Waals surface area (Å²) in [4.78, 5) is 26.5. The number of rotatable bonds is 9. The number of alkyl halides is 3. The highest BCUT2D eigenvalue weighted by atomic mass is 32.2. The molecular formula is C26H30F3NO4S. The largest absolute Gasteiger partial charge is 0.416 e. The van der Waals surface area contributed by atoms with Crippen molar-refractivity contribution < 1.29 is 31.2 Å². The minimum absolute atomic E-state index is 0.0965. The molecular weight excluding hydrogens is 479 g/mol. The normalized spacial score (nSPS) is 14.5. The van der Waals surface area contributed by atoms with Crippen LogP contribution in [0.2, 0.25) is 0 Å². The standard InChI is InChI=1S/C26H30F3NO4S/c1-25(2,3)35(33,34)16-8-6-4-5-7-9-18-10-15-21-22(17-18)24(32)30(23(21)31)20-13-11-19(12-14-20)26(27,28)29/h10-15,17H,4-9,16H2,1-3H3. The molecule has 0 unspecified atom stereocenters. The summed E-state index contributed by atoms with van der Waals surface area (Å²) in [7, 11) is -3.10. The number of benzene rings is 2. The van der Waals surface area contributed by atoms with Gasteiger partial charge in [0.2, 0.25) is 0 Å². The molecule has 2 aromatic rings. The smallest absolute Gasteiger partial charge is 0.268 e. The molecule has 0 spiro atoms. The van der Waals surface area contributed by atoms with Crippen molar-refractivity contribution in [2.24, 2.45) is 0 Å². The summed E-state index contributed by atoms with van der Waals surface area (Å²) in [5, 5.41) is 0.